The summed E-state index contributed by atoms with van der Waals surface area (Å²) in [6, 6.07) is 8.18. The maximum atomic E-state index is 14.6. The van der Waals surface area contributed by atoms with Gasteiger partial charge in [0.15, 0.2) is 0 Å². The lowest BCUT2D eigenvalue weighted by atomic mass is 9.97. The van der Waals surface area contributed by atoms with E-state index < -0.39 is 26.6 Å². The average Bonchev–Trinajstić information content (AvgIpc) is 2.97. The summed E-state index contributed by atoms with van der Waals surface area (Å²) in [6.45, 7) is 3.25. The molecule has 0 bridgehead atoms. The van der Waals surface area contributed by atoms with Gasteiger partial charge in [-0.1, -0.05) is 11.2 Å². The molecule has 0 aliphatic heterocycles. The quantitative estimate of drug-likeness (QED) is 0.738. The largest absolute Gasteiger partial charge is 0.360 e. The molecule has 3 rings (SSSR count). The third-order valence-corrected chi connectivity index (χ3v) is 5.01. The second kappa shape index (κ2) is 6.57. The number of hydrogen-bond donors (Lipinski definition) is 1. The molecule has 0 atom stereocenters. The standard InChI is InChI=1S/C18H13F2N3O3S/c1-9-5-11(3-4-12(9)8-21)18-17(10(2)26-23-18)13-6-15(20)16(7-14(13)19)27(22,24)25/h3-7H,1-2H3,(H2,22,24,25). The van der Waals surface area contributed by atoms with Crippen molar-refractivity contribution in [3.63, 3.8) is 0 Å². The molecular formula is C18H13F2N3O3S. The van der Waals surface area contributed by atoms with Gasteiger partial charge in [0.1, 0.15) is 28.0 Å². The molecule has 1 aromatic heterocycles. The molecule has 138 valence electrons. The number of nitrogens with zero attached hydrogens (tertiary/aromatic N) is 2. The van der Waals surface area contributed by atoms with E-state index in [2.05, 4.69) is 5.16 Å². The molecule has 0 aliphatic carbocycles. The Labute approximate surface area is 153 Å². The number of benzene rings is 2. The van der Waals surface area contributed by atoms with Crippen LogP contribution < -0.4 is 5.14 Å². The van der Waals surface area contributed by atoms with Crippen LogP contribution in [0.25, 0.3) is 22.4 Å². The van der Waals surface area contributed by atoms with Gasteiger partial charge in [-0.25, -0.2) is 22.3 Å². The van der Waals surface area contributed by atoms with Crippen LogP contribution in [0.15, 0.2) is 39.8 Å². The zero-order chi connectivity index (χ0) is 19.9. The lowest BCUT2D eigenvalue weighted by Gasteiger charge is -2.08. The Bertz CT molecular complexity index is 1210. The summed E-state index contributed by atoms with van der Waals surface area (Å²) in [5.74, 6) is -1.96. The zero-order valence-electron chi connectivity index (χ0n) is 14.2. The van der Waals surface area contributed by atoms with Crippen molar-refractivity contribution < 1.29 is 21.7 Å². The van der Waals surface area contributed by atoms with Gasteiger partial charge < -0.3 is 4.52 Å². The third kappa shape index (κ3) is 3.32. The number of aryl methyl sites for hydroxylation is 2. The van der Waals surface area contributed by atoms with Crippen molar-refractivity contribution in [2.45, 2.75) is 18.7 Å². The van der Waals surface area contributed by atoms with Crippen molar-refractivity contribution >= 4 is 10.0 Å². The molecule has 6 nitrogen and oxygen atoms in total. The minimum Gasteiger partial charge on any atom is -0.360 e. The molecule has 0 radical (unpaired) electrons. The van der Waals surface area contributed by atoms with Gasteiger partial charge in [0, 0.05) is 11.1 Å². The van der Waals surface area contributed by atoms with Crippen LogP contribution in [0.1, 0.15) is 16.9 Å². The van der Waals surface area contributed by atoms with Crippen molar-refractivity contribution in [3.8, 4) is 28.5 Å². The summed E-state index contributed by atoms with van der Waals surface area (Å²) in [5, 5.41) is 17.8. The van der Waals surface area contributed by atoms with E-state index in [1.807, 2.05) is 6.07 Å². The highest BCUT2D eigenvalue weighted by atomic mass is 32.2. The molecule has 0 fully saturated rings. The number of sulfonamides is 1. The van der Waals surface area contributed by atoms with Crippen molar-refractivity contribution in [1.82, 2.24) is 5.16 Å². The highest BCUT2D eigenvalue weighted by Gasteiger charge is 2.24. The SMILES string of the molecule is Cc1cc(-c2noc(C)c2-c2cc(F)c(S(N)(=O)=O)cc2F)ccc1C#N. The lowest BCUT2D eigenvalue weighted by Crippen LogP contribution is -2.14. The number of primary sulfonamides is 1. The minimum atomic E-state index is -4.41. The predicted molar refractivity (Wildman–Crippen MR) is 92.9 cm³/mol. The normalized spacial score (nSPS) is 11.4. The van der Waals surface area contributed by atoms with Crippen molar-refractivity contribution in [2.24, 2.45) is 5.14 Å². The van der Waals surface area contributed by atoms with E-state index in [0.717, 1.165) is 6.07 Å². The number of hydrogen-bond acceptors (Lipinski definition) is 5. The third-order valence-electron chi connectivity index (χ3n) is 4.08. The fraction of sp³-hybridized carbons (Fsp3) is 0.111. The molecule has 0 aliphatic rings. The van der Waals surface area contributed by atoms with Gasteiger partial charge in [0.25, 0.3) is 0 Å². The summed E-state index contributed by atoms with van der Waals surface area (Å²) in [4.78, 5) is -0.936. The van der Waals surface area contributed by atoms with Crippen LogP contribution in [-0.2, 0) is 10.0 Å². The molecule has 2 aromatic carbocycles. The molecule has 1 heterocycles. The Hall–Kier alpha value is -3.09. The monoisotopic (exact) mass is 389 g/mol. The van der Waals surface area contributed by atoms with E-state index in [4.69, 9.17) is 14.9 Å². The molecule has 2 N–H and O–H groups in total. The Balaban J connectivity index is 2.24. The van der Waals surface area contributed by atoms with Gasteiger partial charge in [0.2, 0.25) is 10.0 Å². The molecule has 27 heavy (non-hydrogen) atoms. The number of nitriles is 1. The van der Waals surface area contributed by atoms with Crippen molar-refractivity contribution in [1.29, 1.82) is 5.26 Å². The minimum absolute atomic E-state index is 0.177. The first-order valence-electron chi connectivity index (χ1n) is 7.63. The molecule has 3 aromatic rings. The molecule has 0 spiro atoms. The fourth-order valence-electron chi connectivity index (χ4n) is 2.76. The van der Waals surface area contributed by atoms with E-state index >= 15 is 0 Å². The number of nitrogens with two attached hydrogens (primary N) is 1. The van der Waals surface area contributed by atoms with Crippen LogP contribution in [0.2, 0.25) is 0 Å². The Morgan fingerprint density at radius 1 is 1.15 bits per heavy atom. The first kappa shape index (κ1) is 18.7. The summed E-state index contributed by atoms with van der Waals surface area (Å²) in [6.07, 6.45) is 0. The van der Waals surface area contributed by atoms with Crippen LogP contribution in [0.4, 0.5) is 8.78 Å². The van der Waals surface area contributed by atoms with Gasteiger partial charge in [-0.3, -0.25) is 0 Å². The van der Waals surface area contributed by atoms with Crippen molar-refractivity contribution in [2.75, 3.05) is 0 Å². The van der Waals surface area contributed by atoms with Crippen LogP contribution in [0.3, 0.4) is 0 Å². The van der Waals surface area contributed by atoms with Crippen LogP contribution in [0, 0.1) is 36.8 Å². The maximum Gasteiger partial charge on any atom is 0.241 e. The lowest BCUT2D eigenvalue weighted by molar-refractivity contribution is 0.400. The highest BCUT2D eigenvalue weighted by molar-refractivity contribution is 7.89. The van der Waals surface area contributed by atoms with E-state index in [1.165, 1.54) is 6.92 Å². The molecule has 0 saturated carbocycles. The molecule has 0 saturated heterocycles. The van der Waals surface area contributed by atoms with Crippen LogP contribution >= 0.6 is 0 Å². The molecule has 0 unspecified atom stereocenters. The van der Waals surface area contributed by atoms with E-state index in [9.17, 15) is 17.2 Å². The van der Waals surface area contributed by atoms with Crippen molar-refractivity contribution in [3.05, 3.63) is 58.9 Å². The molecule has 9 heteroatoms. The topological polar surface area (TPSA) is 110 Å². The summed E-state index contributed by atoms with van der Waals surface area (Å²) in [7, 11) is -4.41. The first-order chi connectivity index (χ1) is 12.6. The predicted octanol–water partition coefficient (Wildman–Crippen LogP) is 3.42. The smallest absolute Gasteiger partial charge is 0.241 e. The zero-order valence-corrected chi connectivity index (χ0v) is 15.1. The van der Waals surface area contributed by atoms with Gasteiger partial charge in [-0.05, 0) is 43.7 Å². The Kier molecular flexibility index (Phi) is 4.55. The maximum absolute atomic E-state index is 14.6. The molecular weight excluding hydrogens is 376 g/mol. The highest BCUT2D eigenvalue weighted by Crippen LogP contribution is 2.37. The number of rotatable bonds is 3. The average molecular weight is 389 g/mol. The Morgan fingerprint density at radius 3 is 2.44 bits per heavy atom. The van der Waals surface area contributed by atoms with E-state index in [-0.39, 0.29) is 22.6 Å². The van der Waals surface area contributed by atoms with Gasteiger partial charge >= 0.3 is 0 Å². The van der Waals surface area contributed by atoms with Gasteiger partial charge in [-0.2, -0.15) is 5.26 Å². The summed E-state index contributed by atoms with van der Waals surface area (Å²) in [5.41, 5.74) is 1.88. The van der Waals surface area contributed by atoms with Crippen LogP contribution in [-0.4, -0.2) is 13.6 Å². The molecule has 0 amide bonds. The first-order valence-corrected chi connectivity index (χ1v) is 9.17. The van der Waals surface area contributed by atoms with E-state index in [0.29, 0.717) is 22.8 Å². The number of aromatic nitrogens is 1. The van der Waals surface area contributed by atoms with Crippen LogP contribution in [0.5, 0.6) is 0 Å². The van der Waals surface area contributed by atoms with Gasteiger partial charge in [-0.15, -0.1) is 0 Å². The summed E-state index contributed by atoms with van der Waals surface area (Å²) < 4.78 is 56.7. The second-order valence-electron chi connectivity index (χ2n) is 5.91. The number of halogens is 2. The Morgan fingerprint density at radius 2 is 1.85 bits per heavy atom. The second-order valence-corrected chi connectivity index (χ2v) is 7.44. The van der Waals surface area contributed by atoms with Gasteiger partial charge in [0.05, 0.1) is 17.2 Å². The van der Waals surface area contributed by atoms with E-state index in [1.54, 1.807) is 25.1 Å². The fourth-order valence-corrected chi connectivity index (χ4v) is 3.36. The summed E-state index contributed by atoms with van der Waals surface area (Å²) >= 11 is 0.